The normalized spacial score (nSPS) is 10.7. The van der Waals surface area contributed by atoms with Gasteiger partial charge >= 0.3 is 0 Å². The van der Waals surface area contributed by atoms with E-state index < -0.39 is 4.92 Å². The van der Waals surface area contributed by atoms with Crippen molar-refractivity contribution in [3.8, 4) is 0 Å². The van der Waals surface area contributed by atoms with Crippen molar-refractivity contribution in [3.05, 3.63) is 39.9 Å². The molecule has 22 heavy (non-hydrogen) atoms. The van der Waals surface area contributed by atoms with Gasteiger partial charge in [-0.3, -0.25) is 15.1 Å². The molecule has 0 saturated carbocycles. The Bertz CT molecular complexity index is 463. The highest BCUT2D eigenvalue weighted by Gasteiger charge is 2.04. The first-order valence-corrected chi connectivity index (χ1v) is 7.35. The van der Waals surface area contributed by atoms with Crippen LogP contribution in [-0.4, -0.2) is 24.5 Å². The third-order valence-corrected chi connectivity index (χ3v) is 3.15. The number of nitro groups is 1. The van der Waals surface area contributed by atoms with Crippen molar-refractivity contribution < 1.29 is 4.92 Å². The van der Waals surface area contributed by atoms with Gasteiger partial charge < -0.3 is 10.6 Å². The number of aliphatic imine (C=N–C) groups is 1. The molecule has 7 heteroatoms. The standard InChI is InChI=1S/C15H24N4O2.HI/c1-3-4-5-6-11-17-15(16-2)18-12-13-7-9-14(10-8-13)19(20)21;/h7-10H,3-6,11-12H2,1-2H3,(H2,16,17,18);1H. The Kier molecular flexibility index (Phi) is 11.4. The predicted octanol–water partition coefficient (Wildman–Crippen LogP) is 3.46. The maximum atomic E-state index is 10.6. The second-order valence-corrected chi connectivity index (χ2v) is 4.84. The van der Waals surface area contributed by atoms with Gasteiger partial charge in [0.1, 0.15) is 0 Å². The summed E-state index contributed by atoms with van der Waals surface area (Å²) >= 11 is 0. The zero-order valence-corrected chi connectivity index (χ0v) is 15.5. The molecule has 0 bridgehead atoms. The molecule has 0 aliphatic carbocycles. The number of guanidine groups is 1. The monoisotopic (exact) mass is 420 g/mol. The predicted molar refractivity (Wildman–Crippen MR) is 101 cm³/mol. The second kappa shape index (κ2) is 12.2. The lowest BCUT2D eigenvalue weighted by Gasteiger charge is -2.11. The molecule has 2 N–H and O–H groups in total. The summed E-state index contributed by atoms with van der Waals surface area (Å²) in [5, 5.41) is 17.0. The highest BCUT2D eigenvalue weighted by molar-refractivity contribution is 14.0. The number of hydrogen-bond acceptors (Lipinski definition) is 3. The van der Waals surface area contributed by atoms with Crippen LogP contribution >= 0.6 is 24.0 Å². The third kappa shape index (κ3) is 8.16. The molecular formula is C15H25IN4O2. The molecule has 0 aliphatic heterocycles. The van der Waals surface area contributed by atoms with Crippen LogP contribution < -0.4 is 10.6 Å². The first-order valence-electron chi connectivity index (χ1n) is 7.35. The van der Waals surface area contributed by atoms with Crippen LogP contribution in [0.25, 0.3) is 0 Å². The molecule has 0 amide bonds. The molecule has 124 valence electrons. The van der Waals surface area contributed by atoms with Crippen molar-refractivity contribution in [2.24, 2.45) is 4.99 Å². The Morgan fingerprint density at radius 3 is 2.41 bits per heavy atom. The maximum Gasteiger partial charge on any atom is 0.269 e. The number of nitrogens with zero attached hydrogens (tertiary/aromatic N) is 2. The molecular weight excluding hydrogens is 395 g/mol. The number of rotatable bonds is 8. The summed E-state index contributed by atoms with van der Waals surface area (Å²) in [5.74, 6) is 0.754. The van der Waals surface area contributed by atoms with Crippen LogP contribution in [0, 0.1) is 10.1 Å². The average molecular weight is 420 g/mol. The number of nitro benzene ring substituents is 1. The first-order chi connectivity index (χ1) is 10.2. The summed E-state index contributed by atoms with van der Waals surface area (Å²) in [7, 11) is 1.73. The molecule has 0 spiro atoms. The fourth-order valence-electron chi connectivity index (χ4n) is 1.90. The molecule has 6 nitrogen and oxygen atoms in total. The summed E-state index contributed by atoms with van der Waals surface area (Å²) in [4.78, 5) is 14.3. The minimum absolute atomic E-state index is 0. The molecule has 0 atom stereocenters. The van der Waals surface area contributed by atoms with E-state index in [9.17, 15) is 10.1 Å². The minimum atomic E-state index is -0.395. The molecule has 0 radical (unpaired) electrons. The molecule has 1 aromatic carbocycles. The Balaban J connectivity index is 0.00000441. The fourth-order valence-corrected chi connectivity index (χ4v) is 1.90. The summed E-state index contributed by atoms with van der Waals surface area (Å²) in [6.07, 6.45) is 4.85. The lowest BCUT2D eigenvalue weighted by atomic mass is 10.2. The van der Waals surface area contributed by atoms with E-state index in [2.05, 4.69) is 22.5 Å². The van der Waals surface area contributed by atoms with E-state index in [4.69, 9.17) is 0 Å². The van der Waals surface area contributed by atoms with E-state index in [1.54, 1.807) is 19.2 Å². The van der Waals surface area contributed by atoms with Gasteiger partial charge in [-0.2, -0.15) is 0 Å². The number of unbranched alkanes of at least 4 members (excludes halogenated alkanes) is 3. The largest absolute Gasteiger partial charge is 0.356 e. The van der Waals surface area contributed by atoms with Crippen molar-refractivity contribution in [3.63, 3.8) is 0 Å². The lowest BCUT2D eigenvalue weighted by Crippen LogP contribution is -2.37. The quantitative estimate of drug-likeness (QED) is 0.169. The van der Waals surface area contributed by atoms with Crippen molar-refractivity contribution in [2.45, 2.75) is 39.2 Å². The highest BCUT2D eigenvalue weighted by atomic mass is 127. The summed E-state index contributed by atoms with van der Waals surface area (Å²) in [6.45, 7) is 3.69. The Morgan fingerprint density at radius 1 is 1.18 bits per heavy atom. The van der Waals surface area contributed by atoms with E-state index in [1.807, 2.05) is 0 Å². The van der Waals surface area contributed by atoms with Gasteiger partial charge in [-0.05, 0) is 12.0 Å². The lowest BCUT2D eigenvalue weighted by molar-refractivity contribution is -0.384. The summed E-state index contributed by atoms with van der Waals surface area (Å²) in [5.41, 5.74) is 1.09. The van der Waals surface area contributed by atoms with Gasteiger partial charge in [0.25, 0.3) is 5.69 Å². The van der Waals surface area contributed by atoms with Gasteiger partial charge in [-0.1, -0.05) is 38.3 Å². The van der Waals surface area contributed by atoms with E-state index >= 15 is 0 Å². The smallest absolute Gasteiger partial charge is 0.269 e. The van der Waals surface area contributed by atoms with Crippen molar-refractivity contribution >= 4 is 35.6 Å². The minimum Gasteiger partial charge on any atom is -0.356 e. The van der Waals surface area contributed by atoms with Crippen LogP contribution in [-0.2, 0) is 6.54 Å². The fraction of sp³-hybridized carbons (Fsp3) is 0.533. The molecule has 0 fully saturated rings. The van der Waals surface area contributed by atoms with Gasteiger partial charge in [-0.15, -0.1) is 24.0 Å². The van der Waals surface area contributed by atoms with E-state index in [0.717, 1.165) is 24.5 Å². The van der Waals surface area contributed by atoms with Crippen molar-refractivity contribution in [1.29, 1.82) is 0 Å². The number of halogens is 1. The van der Waals surface area contributed by atoms with Gasteiger partial charge in [0, 0.05) is 32.3 Å². The molecule has 0 aliphatic rings. The Morgan fingerprint density at radius 2 is 1.86 bits per heavy atom. The number of benzene rings is 1. The SMILES string of the molecule is CCCCCCNC(=NC)NCc1ccc([N+](=O)[O-])cc1.I. The van der Waals surface area contributed by atoms with Crippen molar-refractivity contribution in [2.75, 3.05) is 13.6 Å². The van der Waals surface area contributed by atoms with E-state index in [-0.39, 0.29) is 29.7 Å². The van der Waals surface area contributed by atoms with Crippen LogP contribution in [0.3, 0.4) is 0 Å². The number of nitrogens with one attached hydrogen (secondary N) is 2. The summed E-state index contributed by atoms with van der Waals surface area (Å²) in [6, 6.07) is 6.52. The summed E-state index contributed by atoms with van der Waals surface area (Å²) < 4.78 is 0. The number of non-ortho nitro benzene ring substituents is 1. The zero-order chi connectivity index (χ0) is 15.5. The Labute approximate surface area is 149 Å². The molecule has 0 unspecified atom stereocenters. The zero-order valence-electron chi connectivity index (χ0n) is 13.2. The maximum absolute atomic E-state index is 10.6. The third-order valence-electron chi connectivity index (χ3n) is 3.15. The average Bonchev–Trinajstić information content (AvgIpc) is 2.50. The second-order valence-electron chi connectivity index (χ2n) is 4.84. The van der Waals surface area contributed by atoms with Crippen molar-refractivity contribution in [1.82, 2.24) is 10.6 Å². The van der Waals surface area contributed by atoms with Gasteiger partial charge in [0.05, 0.1) is 4.92 Å². The van der Waals surface area contributed by atoms with Crippen LogP contribution in [0.15, 0.2) is 29.3 Å². The number of hydrogen-bond donors (Lipinski definition) is 2. The molecule has 1 aromatic rings. The van der Waals surface area contributed by atoms with Gasteiger partial charge in [0.2, 0.25) is 0 Å². The molecule has 0 saturated heterocycles. The van der Waals surface area contributed by atoms with Crippen LogP contribution in [0.1, 0.15) is 38.2 Å². The Hall–Kier alpha value is -1.38. The molecule has 1 rings (SSSR count). The van der Waals surface area contributed by atoms with Crippen LogP contribution in [0.4, 0.5) is 5.69 Å². The first kappa shape index (κ1) is 20.6. The topological polar surface area (TPSA) is 79.6 Å². The highest BCUT2D eigenvalue weighted by Crippen LogP contribution is 2.11. The van der Waals surface area contributed by atoms with E-state index in [0.29, 0.717) is 6.54 Å². The van der Waals surface area contributed by atoms with Gasteiger partial charge in [0.15, 0.2) is 5.96 Å². The van der Waals surface area contributed by atoms with Crippen LogP contribution in [0.5, 0.6) is 0 Å². The molecule has 0 heterocycles. The molecule has 0 aromatic heterocycles. The van der Waals surface area contributed by atoms with E-state index in [1.165, 1.54) is 31.4 Å². The van der Waals surface area contributed by atoms with Crippen LogP contribution in [0.2, 0.25) is 0 Å². The van der Waals surface area contributed by atoms with Gasteiger partial charge in [-0.25, -0.2) is 0 Å².